The Kier molecular flexibility index (Phi) is 7.60. The molecular weight excluding hydrogens is 404 g/mol. The predicted octanol–water partition coefficient (Wildman–Crippen LogP) is 1.14. The summed E-state index contributed by atoms with van der Waals surface area (Å²) in [6.07, 6.45) is 0.340. The molecule has 0 radical (unpaired) electrons. The number of sulfonamides is 1. The van der Waals surface area contributed by atoms with E-state index >= 15 is 0 Å². The van der Waals surface area contributed by atoms with Gasteiger partial charge in [-0.25, -0.2) is 13.2 Å². The predicted molar refractivity (Wildman–Crippen MR) is 113 cm³/mol. The average molecular weight is 434 g/mol. The van der Waals surface area contributed by atoms with E-state index in [1.165, 1.54) is 33.5 Å². The van der Waals surface area contributed by atoms with Crippen molar-refractivity contribution in [2.75, 3.05) is 46.9 Å². The van der Waals surface area contributed by atoms with Crippen LogP contribution in [0.3, 0.4) is 0 Å². The van der Waals surface area contributed by atoms with Crippen LogP contribution in [0.15, 0.2) is 59.5 Å². The molecule has 7 nitrogen and oxygen atoms in total. The van der Waals surface area contributed by atoms with Gasteiger partial charge in [-0.05, 0) is 29.8 Å². The van der Waals surface area contributed by atoms with Crippen LogP contribution >= 0.6 is 0 Å². The summed E-state index contributed by atoms with van der Waals surface area (Å²) in [5.74, 6) is -0.465. The van der Waals surface area contributed by atoms with Gasteiger partial charge >= 0.3 is 5.97 Å². The molecule has 2 aromatic rings. The van der Waals surface area contributed by atoms with Crippen molar-refractivity contribution in [3.8, 4) is 0 Å². The summed E-state index contributed by atoms with van der Waals surface area (Å²) in [6, 6.07) is 15.6. The van der Waals surface area contributed by atoms with Crippen LogP contribution in [-0.2, 0) is 19.5 Å². The maximum absolute atomic E-state index is 12.7. The van der Waals surface area contributed by atoms with Crippen molar-refractivity contribution in [3.05, 3.63) is 65.7 Å². The molecule has 0 unspecified atom stereocenters. The molecule has 3 rings (SSSR count). The fourth-order valence-corrected chi connectivity index (χ4v) is 4.69. The number of carbonyl (C=O) groups is 1. The maximum atomic E-state index is 12.7. The molecule has 0 aromatic heterocycles. The van der Waals surface area contributed by atoms with Crippen molar-refractivity contribution < 1.29 is 27.6 Å². The summed E-state index contributed by atoms with van der Waals surface area (Å²) in [5, 5.41) is 0. The first-order valence-electron chi connectivity index (χ1n) is 10.1. The summed E-state index contributed by atoms with van der Waals surface area (Å²) in [4.78, 5) is 14.2. The maximum Gasteiger partial charge on any atom is 0.338 e. The van der Waals surface area contributed by atoms with Gasteiger partial charge in [0.15, 0.2) is 0 Å². The first-order chi connectivity index (χ1) is 14.4. The van der Waals surface area contributed by atoms with Crippen LogP contribution in [0.4, 0.5) is 0 Å². The van der Waals surface area contributed by atoms with E-state index in [2.05, 4.69) is 14.1 Å². The van der Waals surface area contributed by atoms with E-state index in [1.54, 1.807) is 0 Å². The standard InChI is InChI=1S/C22H28N2O5S/c1-23(2)13-12-21(18-6-4-3-5-7-18)29-22(25)19-8-10-20(11-9-19)30(26,27)24-14-16-28-17-15-24/h3-11,21H,12-17H2,1-2H3/p+1/t21-/m0/s1. The highest BCUT2D eigenvalue weighted by molar-refractivity contribution is 7.89. The fourth-order valence-electron chi connectivity index (χ4n) is 3.28. The van der Waals surface area contributed by atoms with Crippen LogP contribution in [0.5, 0.6) is 0 Å². The Labute approximate surface area is 178 Å². The molecule has 1 aliphatic heterocycles. The van der Waals surface area contributed by atoms with Gasteiger partial charge in [0.25, 0.3) is 0 Å². The van der Waals surface area contributed by atoms with Crippen molar-refractivity contribution in [1.29, 1.82) is 0 Å². The Hall–Kier alpha value is -2.26. The van der Waals surface area contributed by atoms with Crippen LogP contribution in [0.1, 0.15) is 28.4 Å². The lowest BCUT2D eigenvalue weighted by molar-refractivity contribution is -0.858. The summed E-state index contributed by atoms with van der Waals surface area (Å²) in [6.45, 7) is 2.29. The number of hydrogen-bond acceptors (Lipinski definition) is 5. The van der Waals surface area contributed by atoms with E-state index in [4.69, 9.17) is 9.47 Å². The third-order valence-corrected chi connectivity index (χ3v) is 6.94. The smallest absolute Gasteiger partial charge is 0.338 e. The van der Waals surface area contributed by atoms with Gasteiger partial charge in [0.05, 0.1) is 44.3 Å². The van der Waals surface area contributed by atoms with E-state index in [9.17, 15) is 13.2 Å². The van der Waals surface area contributed by atoms with Gasteiger partial charge in [-0.15, -0.1) is 0 Å². The molecule has 2 aromatic carbocycles. The monoisotopic (exact) mass is 433 g/mol. The Morgan fingerprint density at radius 1 is 1.07 bits per heavy atom. The highest BCUT2D eigenvalue weighted by Gasteiger charge is 2.27. The van der Waals surface area contributed by atoms with E-state index in [1.807, 2.05) is 30.3 Å². The Morgan fingerprint density at radius 2 is 1.70 bits per heavy atom. The number of quaternary nitrogens is 1. The van der Waals surface area contributed by atoms with Gasteiger partial charge in [-0.2, -0.15) is 4.31 Å². The van der Waals surface area contributed by atoms with E-state index in [0.29, 0.717) is 38.3 Å². The van der Waals surface area contributed by atoms with Crippen LogP contribution in [0.2, 0.25) is 0 Å². The summed E-state index contributed by atoms with van der Waals surface area (Å²) in [7, 11) is 0.516. The third kappa shape index (κ3) is 5.66. The minimum atomic E-state index is -3.59. The molecule has 1 saturated heterocycles. The van der Waals surface area contributed by atoms with Crippen molar-refractivity contribution in [1.82, 2.24) is 4.31 Å². The number of nitrogens with zero attached hydrogens (tertiary/aromatic N) is 1. The van der Waals surface area contributed by atoms with Gasteiger partial charge in [0, 0.05) is 19.5 Å². The number of carbonyl (C=O) groups excluding carboxylic acids is 1. The summed E-state index contributed by atoms with van der Waals surface area (Å²) >= 11 is 0. The molecule has 1 atom stereocenters. The normalized spacial score (nSPS) is 16.4. The van der Waals surface area contributed by atoms with Crippen LogP contribution in [-0.4, -0.2) is 65.6 Å². The lowest BCUT2D eigenvalue weighted by atomic mass is 10.1. The van der Waals surface area contributed by atoms with E-state index < -0.39 is 16.0 Å². The van der Waals surface area contributed by atoms with Gasteiger partial charge < -0.3 is 14.4 Å². The zero-order chi connectivity index (χ0) is 21.6. The average Bonchev–Trinajstić information content (AvgIpc) is 2.77. The molecule has 30 heavy (non-hydrogen) atoms. The first kappa shape index (κ1) is 22.4. The molecule has 162 valence electrons. The number of esters is 1. The Morgan fingerprint density at radius 3 is 2.30 bits per heavy atom. The Balaban J connectivity index is 1.72. The lowest BCUT2D eigenvalue weighted by Gasteiger charge is -2.26. The molecule has 0 spiro atoms. The molecule has 1 N–H and O–H groups in total. The van der Waals surface area contributed by atoms with Crippen molar-refractivity contribution in [3.63, 3.8) is 0 Å². The van der Waals surface area contributed by atoms with Crippen molar-refractivity contribution >= 4 is 16.0 Å². The first-order valence-corrected chi connectivity index (χ1v) is 11.5. The molecule has 0 bridgehead atoms. The zero-order valence-electron chi connectivity index (χ0n) is 17.4. The highest BCUT2D eigenvalue weighted by atomic mass is 32.2. The van der Waals surface area contributed by atoms with Gasteiger partial charge in [-0.1, -0.05) is 30.3 Å². The topological polar surface area (TPSA) is 77.3 Å². The molecule has 1 fully saturated rings. The van der Waals surface area contributed by atoms with Gasteiger partial charge in [-0.3, -0.25) is 0 Å². The van der Waals surface area contributed by atoms with Crippen molar-refractivity contribution in [2.24, 2.45) is 0 Å². The summed E-state index contributed by atoms with van der Waals surface area (Å²) in [5.41, 5.74) is 1.27. The quantitative estimate of drug-likeness (QED) is 0.632. The number of benzene rings is 2. The summed E-state index contributed by atoms with van der Waals surface area (Å²) < 4.78 is 37.9. The van der Waals surface area contributed by atoms with Gasteiger partial charge in [0.2, 0.25) is 10.0 Å². The number of morpholine rings is 1. The molecular formula is C22H29N2O5S+. The zero-order valence-corrected chi connectivity index (χ0v) is 18.2. The molecule has 0 saturated carbocycles. The molecule has 8 heteroatoms. The highest BCUT2D eigenvalue weighted by Crippen LogP contribution is 2.23. The van der Waals surface area contributed by atoms with Crippen LogP contribution < -0.4 is 4.90 Å². The lowest BCUT2D eigenvalue weighted by Crippen LogP contribution is -3.05. The van der Waals surface area contributed by atoms with Crippen LogP contribution in [0.25, 0.3) is 0 Å². The molecule has 1 heterocycles. The van der Waals surface area contributed by atoms with E-state index in [-0.39, 0.29) is 11.0 Å². The second kappa shape index (κ2) is 10.2. The molecule has 0 aliphatic carbocycles. The van der Waals surface area contributed by atoms with E-state index in [0.717, 1.165) is 12.1 Å². The number of nitrogens with one attached hydrogen (secondary N) is 1. The van der Waals surface area contributed by atoms with Gasteiger partial charge in [0.1, 0.15) is 6.10 Å². The Bertz CT molecular complexity index is 924. The largest absolute Gasteiger partial charge is 0.454 e. The second-order valence-electron chi connectivity index (χ2n) is 7.59. The molecule has 1 aliphatic rings. The molecule has 0 amide bonds. The number of hydrogen-bond donors (Lipinski definition) is 1. The minimum Gasteiger partial charge on any atom is -0.454 e. The van der Waals surface area contributed by atoms with Crippen LogP contribution in [0, 0.1) is 0 Å². The second-order valence-corrected chi connectivity index (χ2v) is 9.53. The third-order valence-electron chi connectivity index (χ3n) is 5.03. The fraction of sp³-hybridized carbons (Fsp3) is 0.409. The van der Waals surface area contributed by atoms with Crippen molar-refractivity contribution in [2.45, 2.75) is 17.4 Å². The minimum absolute atomic E-state index is 0.164. The SMILES string of the molecule is C[NH+](C)CC[C@H](OC(=O)c1ccc(S(=O)(=O)N2CCOCC2)cc1)c1ccccc1. The number of rotatable bonds is 8. The number of ether oxygens (including phenoxy) is 2.